The summed E-state index contributed by atoms with van der Waals surface area (Å²) in [5.74, 6) is -0.831. The van der Waals surface area contributed by atoms with Gasteiger partial charge in [-0.3, -0.25) is 9.59 Å². The van der Waals surface area contributed by atoms with E-state index < -0.39 is 6.04 Å². The second kappa shape index (κ2) is 9.79. The van der Waals surface area contributed by atoms with Gasteiger partial charge in [0.1, 0.15) is 5.82 Å². The Morgan fingerprint density at radius 3 is 2.54 bits per heavy atom. The van der Waals surface area contributed by atoms with Gasteiger partial charge in [0.25, 0.3) is 5.91 Å². The van der Waals surface area contributed by atoms with E-state index in [1.807, 2.05) is 39.0 Å². The van der Waals surface area contributed by atoms with Gasteiger partial charge in [-0.1, -0.05) is 48.6 Å². The van der Waals surface area contributed by atoms with Gasteiger partial charge in [-0.05, 0) is 62.1 Å². The molecule has 2 aromatic rings. The number of benzene rings is 2. The summed E-state index contributed by atoms with van der Waals surface area (Å²) < 4.78 is 13.6. The van der Waals surface area contributed by atoms with E-state index in [0.29, 0.717) is 17.5 Å². The number of ketones is 1. The molecule has 2 rings (SSSR count). The molecule has 146 valence electrons. The van der Waals surface area contributed by atoms with Crippen molar-refractivity contribution in [3.63, 3.8) is 0 Å². The molecule has 0 saturated carbocycles. The molecule has 0 fully saturated rings. The van der Waals surface area contributed by atoms with Crippen LogP contribution in [-0.2, 0) is 11.2 Å². The first kappa shape index (κ1) is 21.3. The normalized spacial score (nSPS) is 12.4. The maximum atomic E-state index is 13.6. The van der Waals surface area contributed by atoms with Crippen molar-refractivity contribution in [1.82, 2.24) is 5.32 Å². The number of Topliss-reactive ketones (excluding diaryl/α,β-unsaturated/α-hetero) is 1. The molecule has 0 spiro atoms. The number of aryl methyl sites for hydroxylation is 2. The molecule has 0 aliphatic rings. The predicted molar refractivity (Wildman–Crippen MR) is 111 cm³/mol. The highest BCUT2D eigenvalue weighted by molar-refractivity contribution is 5.99. The van der Waals surface area contributed by atoms with Crippen LogP contribution < -0.4 is 5.32 Å². The predicted octanol–water partition coefficient (Wildman–Crippen LogP) is 4.88. The molecule has 28 heavy (non-hydrogen) atoms. The third-order valence-corrected chi connectivity index (χ3v) is 4.69. The van der Waals surface area contributed by atoms with Crippen LogP contribution in [0.1, 0.15) is 40.4 Å². The Labute approximate surface area is 166 Å². The van der Waals surface area contributed by atoms with E-state index in [2.05, 4.69) is 11.9 Å². The highest BCUT2D eigenvalue weighted by atomic mass is 19.1. The lowest BCUT2D eigenvalue weighted by Gasteiger charge is -2.19. The lowest BCUT2D eigenvalue weighted by molar-refractivity contribution is -0.120. The van der Waals surface area contributed by atoms with Crippen molar-refractivity contribution in [2.24, 2.45) is 0 Å². The van der Waals surface area contributed by atoms with Crippen LogP contribution in [0.5, 0.6) is 0 Å². The number of carbonyl (C=O) groups is 2. The number of amides is 1. The average Bonchev–Trinajstić information content (AvgIpc) is 2.64. The molecule has 0 aliphatic heterocycles. The van der Waals surface area contributed by atoms with Crippen LogP contribution in [0.25, 0.3) is 0 Å². The Balaban J connectivity index is 2.25. The minimum absolute atomic E-state index is 0.0592. The smallest absolute Gasteiger partial charge is 0.252 e. The molecule has 2 aromatic carbocycles. The highest BCUT2D eigenvalue weighted by Crippen LogP contribution is 2.15. The molecule has 1 atom stereocenters. The zero-order valence-corrected chi connectivity index (χ0v) is 16.6. The first-order chi connectivity index (χ1) is 13.3. The largest absolute Gasteiger partial charge is 0.342 e. The minimum Gasteiger partial charge on any atom is -0.342 e. The lowest BCUT2D eigenvalue weighted by atomic mass is 9.95. The van der Waals surface area contributed by atoms with Crippen LogP contribution in [-0.4, -0.2) is 17.7 Å². The summed E-state index contributed by atoms with van der Waals surface area (Å²) in [7, 11) is 0. The Morgan fingerprint density at radius 2 is 1.86 bits per heavy atom. The zero-order valence-electron chi connectivity index (χ0n) is 16.6. The molecule has 0 aliphatic carbocycles. The first-order valence-electron chi connectivity index (χ1n) is 9.24. The van der Waals surface area contributed by atoms with Crippen LogP contribution in [0.15, 0.2) is 66.8 Å². The molecule has 0 radical (unpaired) electrons. The van der Waals surface area contributed by atoms with Crippen LogP contribution >= 0.6 is 0 Å². The van der Waals surface area contributed by atoms with Gasteiger partial charge in [0.15, 0.2) is 5.78 Å². The van der Waals surface area contributed by atoms with Gasteiger partial charge in [-0.25, -0.2) is 4.39 Å². The lowest BCUT2D eigenvalue weighted by Crippen LogP contribution is -2.42. The summed E-state index contributed by atoms with van der Waals surface area (Å²) in [5.41, 5.74) is 3.77. The Kier molecular flexibility index (Phi) is 7.44. The van der Waals surface area contributed by atoms with Crippen molar-refractivity contribution in [3.8, 4) is 0 Å². The molecule has 0 saturated heterocycles. The maximum absolute atomic E-state index is 13.6. The van der Waals surface area contributed by atoms with Crippen molar-refractivity contribution in [2.45, 2.75) is 39.7 Å². The number of allylic oxidation sites excluding steroid dienone is 2. The van der Waals surface area contributed by atoms with Crippen molar-refractivity contribution in [1.29, 1.82) is 0 Å². The fourth-order valence-corrected chi connectivity index (χ4v) is 3.04. The summed E-state index contributed by atoms with van der Waals surface area (Å²) in [6.07, 6.45) is 3.89. The molecule has 3 nitrogen and oxygen atoms in total. The Bertz CT molecular complexity index is 915. The van der Waals surface area contributed by atoms with Gasteiger partial charge in [-0.15, -0.1) is 0 Å². The third kappa shape index (κ3) is 5.74. The summed E-state index contributed by atoms with van der Waals surface area (Å²) in [6, 6.07) is 10.9. The number of hydrogen-bond donors (Lipinski definition) is 1. The van der Waals surface area contributed by atoms with E-state index in [1.165, 1.54) is 12.1 Å². The zero-order chi connectivity index (χ0) is 20.7. The number of nitrogens with one attached hydrogen (secondary N) is 1. The van der Waals surface area contributed by atoms with Crippen LogP contribution in [0.2, 0.25) is 0 Å². The van der Waals surface area contributed by atoms with Gasteiger partial charge in [-0.2, -0.15) is 0 Å². The van der Waals surface area contributed by atoms with E-state index in [1.54, 1.807) is 24.3 Å². The second-order valence-electron chi connectivity index (χ2n) is 7.01. The number of rotatable bonds is 8. The molecule has 0 aromatic heterocycles. The van der Waals surface area contributed by atoms with Gasteiger partial charge in [0, 0.05) is 12.0 Å². The summed E-state index contributed by atoms with van der Waals surface area (Å²) >= 11 is 0. The number of halogens is 1. The first-order valence-corrected chi connectivity index (χ1v) is 9.24. The second-order valence-corrected chi connectivity index (χ2v) is 7.01. The molecule has 1 unspecified atom stereocenters. The Hall–Kier alpha value is -3.01. The van der Waals surface area contributed by atoms with E-state index in [4.69, 9.17) is 0 Å². The number of carbonyl (C=O) groups excluding carboxylic acids is 2. The fourth-order valence-electron chi connectivity index (χ4n) is 3.04. The molecular formula is C24H26FNO2. The van der Waals surface area contributed by atoms with E-state index in [-0.39, 0.29) is 23.9 Å². The fraction of sp³-hybridized carbons (Fsp3) is 0.250. The topological polar surface area (TPSA) is 46.2 Å². The van der Waals surface area contributed by atoms with Gasteiger partial charge in [0.2, 0.25) is 0 Å². The van der Waals surface area contributed by atoms with Crippen LogP contribution in [0, 0.1) is 19.7 Å². The molecule has 0 bridgehead atoms. The monoisotopic (exact) mass is 379 g/mol. The van der Waals surface area contributed by atoms with Crippen molar-refractivity contribution in [3.05, 3.63) is 94.8 Å². The molecule has 1 N–H and O–H groups in total. The SMILES string of the molecule is C=C/C=C(\C)CC(NC(=O)c1ccccc1C)C(=O)Cc1cc(F)ccc1C. The maximum Gasteiger partial charge on any atom is 0.252 e. The molecule has 1 amide bonds. The average molecular weight is 379 g/mol. The van der Waals surface area contributed by atoms with E-state index in [9.17, 15) is 14.0 Å². The van der Waals surface area contributed by atoms with Crippen molar-refractivity contribution >= 4 is 11.7 Å². The standard InChI is InChI=1S/C24H26FNO2/c1-5-8-16(2)13-22(26-24(28)21-10-7-6-9-18(21)4)23(27)15-19-14-20(25)12-11-17(19)3/h5-12,14,22H,1,13,15H2,2-4H3,(H,26,28)/b16-8+. The summed E-state index contributed by atoms with van der Waals surface area (Å²) in [5, 5.41) is 2.86. The van der Waals surface area contributed by atoms with Gasteiger partial charge < -0.3 is 5.32 Å². The number of hydrogen-bond acceptors (Lipinski definition) is 2. The molecular weight excluding hydrogens is 353 g/mol. The quantitative estimate of drug-likeness (QED) is 0.665. The Morgan fingerprint density at radius 1 is 1.14 bits per heavy atom. The van der Waals surface area contributed by atoms with E-state index >= 15 is 0 Å². The molecule has 0 heterocycles. The van der Waals surface area contributed by atoms with Gasteiger partial charge >= 0.3 is 0 Å². The van der Waals surface area contributed by atoms with Gasteiger partial charge in [0.05, 0.1) is 6.04 Å². The van der Waals surface area contributed by atoms with E-state index in [0.717, 1.165) is 16.7 Å². The van der Waals surface area contributed by atoms with Crippen molar-refractivity contribution in [2.75, 3.05) is 0 Å². The van der Waals surface area contributed by atoms with Crippen LogP contribution in [0.4, 0.5) is 4.39 Å². The molecule has 4 heteroatoms. The highest BCUT2D eigenvalue weighted by Gasteiger charge is 2.23. The summed E-state index contributed by atoms with van der Waals surface area (Å²) in [4.78, 5) is 25.7. The third-order valence-electron chi connectivity index (χ3n) is 4.69. The van der Waals surface area contributed by atoms with Crippen LogP contribution in [0.3, 0.4) is 0 Å². The minimum atomic E-state index is -0.703. The van der Waals surface area contributed by atoms with Crippen molar-refractivity contribution < 1.29 is 14.0 Å². The summed E-state index contributed by atoms with van der Waals surface area (Å²) in [6.45, 7) is 9.25.